The third kappa shape index (κ3) is 3.53. The van der Waals surface area contributed by atoms with Crippen molar-refractivity contribution in [3.8, 4) is 0 Å². The van der Waals surface area contributed by atoms with Crippen LogP contribution in [0.15, 0.2) is 18.2 Å². The Morgan fingerprint density at radius 2 is 1.94 bits per heavy atom. The molecular weight excluding hydrogens is 234 g/mol. The SMILES string of the molecule is CN(C)CCN(C)c1ccc(C=O)cc1[N+](=O)[O-]. The van der Waals surface area contributed by atoms with E-state index < -0.39 is 4.92 Å². The number of nitro groups is 1. The van der Waals surface area contributed by atoms with Crippen molar-refractivity contribution in [3.63, 3.8) is 0 Å². The highest BCUT2D eigenvalue weighted by Crippen LogP contribution is 2.27. The van der Waals surface area contributed by atoms with Crippen LogP contribution in [0.1, 0.15) is 10.4 Å². The van der Waals surface area contributed by atoms with Crippen molar-refractivity contribution in [2.75, 3.05) is 39.1 Å². The predicted molar refractivity (Wildman–Crippen MR) is 70.3 cm³/mol. The first-order chi connectivity index (χ1) is 8.45. The van der Waals surface area contributed by atoms with Gasteiger partial charge in [-0.05, 0) is 26.2 Å². The first-order valence-electron chi connectivity index (χ1n) is 5.55. The molecule has 98 valence electrons. The van der Waals surface area contributed by atoms with E-state index in [-0.39, 0.29) is 5.69 Å². The smallest absolute Gasteiger partial charge is 0.293 e. The number of hydrogen-bond donors (Lipinski definition) is 0. The number of anilines is 1. The molecule has 18 heavy (non-hydrogen) atoms. The zero-order chi connectivity index (χ0) is 13.7. The fraction of sp³-hybridized carbons (Fsp3) is 0.417. The van der Waals surface area contributed by atoms with Crippen LogP contribution in [0.25, 0.3) is 0 Å². The predicted octanol–water partition coefficient (Wildman–Crippen LogP) is 1.41. The molecule has 1 rings (SSSR count). The van der Waals surface area contributed by atoms with E-state index in [4.69, 9.17) is 0 Å². The standard InChI is InChI=1S/C12H17N3O3/c1-13(2)6-7-14(3)11-5-4-10(9-16)8-12(11)15(17)18/h4-5,8-9H,6-7H2,1-3H3. The first-order valence-corrected chi connectivity index (χ1v) is 5.55. The molecule has 0 saturated heterocycles. The summed E-state index contributed by atoms with van der Waals surface area (Å²) in [5.74, 6) is 0. The van der Waals surface area contributed by atoms with Gasteiger partial charge in [0.25, 0.3) is 5.69 Å². The highest BCUT2D eigenvalue weighted by molar-refractivity contribution is 5.79. The van der Waals surface area contributed by atoms with E-state index in [9.17, 15) is 14.9 Å². The normalized spacial score (nSPS) is 10.4. The molecule has 0 bridgehead atoms. The number of benzene rings is 1. The summed E-state index contributed by atoms with van der Waals surface area (Å²) in [5, 5.41) is 11.0. The van der Waals surface area contributed by atoms with Crippen molar-refractivity contribution in [2.24, 2.45) is 0 Å². The second-order valence-electron chi connectivity index (χ2n) is 4.35. The van der Waals surface area contributed by atoms with Crippen LogP contribution in [0.5, 0.6) is 0 Å². The van der Waals surface area contributed by atoms with Gasteiger partial charge in [-0.15, -0.1) is 0 Å². The highest BCUT2D eigenvalue weighted by atomic mass is 16.6. The Bertz CT molecular complexity index is 446. The summed E-state index contributed by atoms with van der Waals surface area (Å²) in [6.45, 7) is 1.47. The van der Waals surface area contributed by atoms with Crippen molar-refractivity contribution in [1.29, 1.82) is 0 Å². The summed E-state index contributed by atoms with van der Waals surface area (Å²) in [6.07, 6.45) is 0.608. The van der Waals surface area contributed by atoms with Crippen LogP contribution in [-0.2, 0) is 0 Å². The largest absolute Gasteiger partial charge is 0.368 e. The molecule has 0 unspecified atom stereocenters. The number of rotatable bonds is 6. The maximum absolute atomic E-state index is 11.0. The van der Waals surface area contributed by atoms with Gasteiger partial charge >= 0.3 is 0 Å². The maximum Gasteiger partial charge on any atom is 0.293 e. The molecule has 0 amide bonds. The molecule has 0 heterocycles. The summed E-state index contributed by atoms with van der Waals surface area (Å²) in [6, 6.07) is 4.49. The molecular formula is C12H17N3O3. The van der Waals surface area contributed by atoms with Gasteiger partial charge < -0.3 is 9.80 Å². The van der Waals surface area contributed by atoms with Crippen LogP contribution in [-0.4, -0.2) is 50.3 Å². The molecule has 0 radical (unpaired) electrons. The van der Waals surface area contributed by atoms with E-state index in [1.807, 2.05) is 23.9 Å². The van der Waals surface area contributed by atoms with Gasteiger partial charge in [-0.3, -0.25) is 14.9 Å². The van der Waals surface area contributed by atoms with E-state index in [1.165, 1.54) is 6.07 Å². The second-order valence-corrected chi connectivity index (χ2v) is 4.35. The summed E-state index contributed by atoms with van der Waals surface area (Å²) < 4.78 is 0. The Morgan fingerprint density at radius 3 is 2.44 bits per heavy atom. The average molecular weight is 251 g/mol. The lowest BCUT2D eigenvalue weighted by molar-refractivity contribution is -0.384. The molecule has 0 fully saturated rings. The highest BCUT2D eigenvalue weighted by Gasteiger charge is 2.17. The lowest BCUT2D eigenvalue weighted by atomic mass is 10.1. The van der Waals surface area contributed by atoms with Crippen molar-refractivity contribution in [1.82, 2.24) is 4.90 Å². The van der Waals surface area contributed by atoms with Gasteiger partial charge in [0.15, 0.2) is 0 Å². The van der Waals surface area contributed by atoms with Crippen molar-refractivity contribution in [3.05, 3.63) is 33.9 Å². The zero-order valence-corrected chi connectivity index (χ0v) is 10.8. The van der Waals surface area contributed by atoms with E-state index >= 15 is 0 Å². The Hall–Kier alpha value is -1.95. The fourth-order valence-electron chi connectivity index (χ4n) is 1.55. The van der Waals surface area contributed by atoms with Crippen LogP contribution in [0.3, 0.4) is 0 Å². The molecule has 1 aromatic carbocycles. The molecule has 0 atom stereocenters. The summed E-state index contributed by atoms with van der Waals surface area (Å²) >= 11 is 0. The van der Waals surface area contributed by atoms with Crippen LogP contribution >= 0.6 is 0 Å². The Balaban J connectivity index is 2.99. The van der Waals surface area contributed by atoms with Gasteiger partial charge in [-0.25, -0.2) is 0 Å². The summed E-state index contributed by atoms with van der Waals surface area (Å²) in [4.78, 5) is 25.0. The molecule has 0 spiro atoms. The Morgan fingerprint density at radius 1 is 1.28 bits per heavy atom. The lowest BCUT2D eigenvalue weighted by Gasteiger charge is -2.21. The van der Waals surface area contributed by atoms with E-state index in [2.05, 4.69) is 0 Å². The topological polar surface area (TPSA) is 66.7 Å². The molecule has 1 aromatic rings. The number of carbonyl (C=O) groups excluding carboxylic acids is 1. The van der Waals surface area contributed by atoms with Crippen molar-refractivity contribution < 1.29 is 9.72 Å². The Labute approximate surface area is 106 Å². The summed E-state index contributed by atoms with van der Waals surface area (Å²) in [7, 11) is 5.68. The van der Waals surface area contributed by atoms with Crippen molar-refractivity contribution in [2.45, 2.75) is 0 Å². The van der Waals surface area contributed by atoms with E-state index in [0.29, 0.717) is 24.1 Å². The first kappa shape index (κ1) is 14.1. The molecule has 0 aliphatic heterocycles. The lowest BCUT2D eigenvalue weighted by Crippen LogP contribution is -2.28. The number of hydrogen-bond acceptors (Lipinski definition) is 5. The molecule has 6 nitrogen and oxygen atoms in total. The van der Waals surface area contributed by atoms with Gasteiger partial charge in [0.2, 0.25) is 0 Å². The Kier molecular flexibility index (Phi) is 4.79. The molecule has 0 N–H and O–H groups in total. The minimum absolute atomic E-state index is 0.0409. The van der Waals surface area contributed by atoms with E-state index in [0.717, 1.165) is 6.54 Å². The van der Waals surface area contributed by atoms with Gasteiger partial charge in [0, 0.05) is 31.8 Å². The van der Waals surface area contributed by atoms with Crippen LogP contribution in [0.4, 0.5) is 11.4 Å². The van der Waals surface area contributed by atoms with Gasteiger partial charge in [0.1, 0.15) is 12.0 Å². The number of carbonyl (C=O) groups is 1. The van der Waals surface area contributed by atoms with Crippen molar-refractivity contribution >= 4 is 17.7 Å². The third-order valence-electron chi connectivity index (χ3n) is 2.63. The molecule has 0 aromatic heterocycles. The third-order valence-corrected chi connectivity index (χ3v) is 2.63. The van der Waals surface area contributed by atoms with Gasteiger partial charge in [-0.1, -0.05) is 0 Å². The molecule has 6 heteroatoms. The number of nitro benzene ring substituents is 1. The second kappa shape index (κ2) is 6.11. The quantitative estimate of drug-likeness (QED) is 0.434. The molecule has 0 saturated carbocycles. The minimum Gasteiger partial charge on any atom is -0.368 e. The van der Waals surface area contributed by atoms with Crippen LogP contribution < -0.4 is 4.90 Å². The van der Waals surface area contributed by atoms with Crippen LogP contribution in [0, 0.1) is 10.1 Å². The van der Waals surface area contributed by atoms with E-state index in [1.54, 1.807) is 19.2 Å². The summed E-state index contributed by atoms with van der Waals surface area (Å²) in [5.41, 5.74) is 0.791. The number of nitrogens with zero attached hydrogens (tertiary/aromatic N) is 3. The minimum atomic E-state index is -0.464. The van der Waals surface area contributed by atoms with Gasteiger partial charge in [0.05, 0.1) is 4.92 Å². The van der Waals surface area contributed by atoms with Gasteiger partial charge in [-0.2, -0.15) is 0 Å². The monoisotopic (exact) mass is 251 g/mol. The molecule has 0 aliphatic rings. The number of likely N-dealkylation sites (N-methyl/N-ethyl adjacent to an activating group) is 2. The number of aldehydes is 1. The zero-order valence-electron chi connectivity index (χ0n) is 10.8. The fourth-order valence-corrected chi connectivity index (χ4v) is 1.55. The average Bonchev–Trinajstić information content (AvgIpc) is 2.34. The molecule has 0 aliphatic carbocycles. The maximum atomic E-state index is 11.0. The van der Waals surface area contributed by atoms with Crippen LogP contribution in [0.2, 0.25) is 0 Å².